The van der Waals surface area contributed by atoms with Crippen LogP contribution in [0.15, 0.2) is 47.0 Å². The minimum atomic E-state index is -0.0108. The number of methoxy groups -OCH3 is 1. The molecule has 0 radical (unpaired) electrons. The number of phenols is 1. The highest BCUT2D eigenvalue weighted by Gasteiger charge is 2.14. The molecule has 1 N–H and O–H groups in total. The third kappa shape index (κ3) is 2.68. The molecule has 1 heterocycles. The van der Waals surface area contributed by atoms with Crippen LogP contribution in [0.2, 0.25) is 5.02 Å². The second kappa shape index (κ2) is 5.46. The maximum atomic E-state index is 9.87. The SMILES string of the molecule is COc1cccc(-c2noc(-c3ccc(Cl)cc3O)n2)c1. The molecule has 0 fully saturated rings. The molecular formula is C15H11ClN2O3. The maximum Gasteiger partial charge on any atom is 0.261 e. The van der Waals surface area contributed by atoms with Crippen LogP contribution in [0.1, 0.15) is 0 Å². The van der Waals surface area contributed by atoms with Crippen molar-refractivity contribution < 1.29 is 14.4 Å². The molecule has 0 amide bonds. The van der Waals surface area contributed by atoms with Gasteiger partial charge in [-0.25, -0.2) is 0 Å². The first kappa shape index (κ1) is 13.5. The molecule has 0 aliphatic carbocycles. The van der Waals surface area contributed by atoms with Crippen molar-refractivity contribution in [2.75, 3.05) is 7.11 Å². The number of rotatable bonds is 3. The van der Waals surface area contributed by atoms with Crippen LogP contribution in [0, 0.1) is 0 Å². The minimum absolute atomic E-state index is 0.0108. The van der Waals surface area contributed by atoms with Gasteiger partial charge in [0.1, 0.15) is 11.5 Å². The van der Waals surface area contributed by atoms with Gasteiger partial charge >= 0.3 is 0 Å². The summed E-state index contributed by atoms with van der Waals surface area (Å²) in [5.41, 5.74) is 1.19. The van der Waals surface area contributed by atoms with Gasteiger partial charge in [0.25, 0.3) is 5.89 Å². The van der Waals surface area contributed by atoms with Crippen LogP contribution >= 0.6 is 11.6 Å². The number of benzene rings is 2. The van der Waals surface area contributed by atoms with E-state index in [1.807, 2.05) is 18.2 Å². The van der Waals surface area contributed by atoms with Gasteiger partial charge < -0.3 is 14.4 Å². The van der Waals surface area contributed by atoms with Crippen molar-refractivity contribution >= 4 is 11.6 Å². The number of phenolic OH excluding ortho intramolecular Hbond substituents is 1. The standard InChI is InChI=1S/C15H11ClN2O3/c1-20-11-4-2-3-9(7-11)14-17-15(21-18-14)12-6-5-10(16)8-13(12)19/h2-8,19H,1H3. The van der Waals surface area contributed by atoms with E-state index in [4.69, 9.17) is 20.9 Å². The molecule has 0 spiro atoms. The van der Waals surface area contributed by atoms with Crippen LogP contribution in [0.3, 0.4) is 0 Å². The van der Waals surface area contributed by atoms with Crippen molar-refractivity contribution in [3.8, 4) is 34.3 Å². The number of aromatic nitrogens is 2. The van der Waals surface area contributed by atoms with Crippen molar-refractivity contribution in [3.63, 3.8) is 0 Å². The number of hydrogen-bond acceptors (Lipinski definition) is 5. The van der Waals surface area contributed by atoms with Crippen LogP contribution in [0.25, 0.3) is 22.8 Å². The first-order valence-electron chi connectivity index (χ1n) is 6.14. The lowest BCUT2D eigenvalue weighted by Crippen LogP contribution is -1.85. The second-order valence-electron chi connectivity index (χ2n) is 4.32. The molecule has 5 nitrogen and oxygen atoms in total. The van der Waals surface area contributed by atoms with E-state index in [0.29, 0.717) is 22.2 Å². The molecule has 0 saturated carbocycles. The predicted molar refractivity (Wildman–Crippen MR) is 78.4 cm³/mol. The summed E-state index contributed by atoms with van der Waals surface area (Å²) in [5, 5.41) is 14.2. The van der Waals surface area contributed by atoms with Gasteiger partial charge in [-0.15, -0.1) is 0 Å². The molecule has 1 aromatic heterocycles. The molecule has 0 saturated heterocycles. The first-order chi connectivity index (χ1) is 10.2. The lowest BCUT2D eigenvalue weighted by atomic mass is 10.2. The number of nitrogens with zero attached hydrogens (tertiary/aromatic N) is 2. The molecule has 6 heteroatoms. The van der Waals surface area contributed by atoms with E-state index >= 15 is 0 Å². The molecule has 3 rings (SSSR count). The molecular weight excluding hydrogens is 292 g/mol. The molecule has 0 aliphatic heterocycles. The van der Waals surface area contributed by atoms with E-state index in [9.17, 15) is 5.11 Å². The smallest absolute Gasteiger partial charge is 0.261 e. The lowest BCUT2D eigenvalue weighted by Gasteiger charge is -2.00. The third-order valence-corrected chi connectivity index (χ3v) is 3.18. The Balaban J connectivity index is 1.99. The van der Waals surface area contributed by atoms with E-state index in [-0.39, 0.29) is 11.6 Å². The summed E-state index contributed by atoms with van der Waals surface area (Å²) in [4.78, 5) is 4.28. The fourth-order valence-electron chi connectivity index (χ4n) is 1.90. The van der Waals surface area contributed by atoms with E-state index in [1.165, 1.54) is 6.07 Å². The van der Waals surface area contributed by atoms with Crippen molar-refractivity contribution in [1.82, 2.24) is 10.1 Å². The second-order valence-corrected chi connectivity index (χ2v) is 4.75. The number of aromatic hydroxyl groups is 1. The Morgan fingerprint density at radius 2 is 2.05 bits per heavy atom. The predicted octanol–water partition coefficient (Wildman–Crippen LogP) is 3.77. The normalized spacial score (nSPS) is 10.6. The zero-order valence-electron chi connectivity index (χ0n) is 11.1. The van der Waals surface area contributed by atoms with Crippen molar-refractivity contribution in [1.29, 1.82) is 0 Å². The van der Waals surface area contributed by atoms with E-state index < -0.39 is 0 Å². The third-order valence-electron chi connectivity index (χ3n) is 2.94. The van der Waals surface area contributed by atoms with Crippen molar-refractivity contribution in [3.05, 3.63) is 47.5 Å². The summed E-state index contributed by atoms with van der Waals surface area (Å²) >= 11 is 5.80. The molecule has 21 heavy (non-hydrogen) atoms. The average Bonchev–Trinajstić information content (AvgIpc) is 2.97. The Labute approximate surface area is 125 Å². The monoisotopic (exact) mass is 302 g/mol. The van der Waals surface area contributed by atoms with Gasteiger partial charge in [0.2, 0.25) is 5.82 Å². The number of hydrogen-bond donors (Lipinski definition) is 1. The lowest BCUT2D eigenvalue weighted by molar-refractivity contribution is 0.414. The Bertz CT molecular complexity index is 786. The average molecular weight is 303 g/mol. The van der Waals surface area contributed by atoms with Crippen molar-refractivity contribution in [2.24, 2.45) is 0 Å². The Morgan fingerprint density at radius 1 is 1.19 bits per heavy atom. The Kier molecular flexibility index (Phi) is 3.50. The quantitative estimate of drug-likeness (QED) is 0.797. The van der Waals surface area contributed by atoms with E-state index in [1.54, 1.807) is 25.3 Å². The topological polar surface area (TPSA) is 68.4 Å². The van der Waals surface area contributed by atoms with Gasteiger partial charge in [-0.3, -0.25) is 0 Å². The first-order valence-corrected chi connectivity index (χ1v) is 6.52. The maximum absolute atomic E-state index is 9.87. The summed E-state index contributed by atoms with van der Waals surface area (Å²) in [6.45, 7) is 0. The van der Waals surface area contributed by atoms with Crippen molar-refractivity contribution in [2.45, 2.75) is 0 Å². The van der Waals surface area contributed by atoms with Gasteiger partial charge in [-0.1, -0.05) is 28.9 Å². The largest absolute Gasteiger partial charge is 0.507 e. The zero-order chi connectivity index (χ0) is 14.8. The van der Waals surface area contributed by atoms with Crippen LogP contribution < -0.4 is 4.74 Å². The minimum Gasteiger partial charge on any atom is -0.507 e. The number of halogens is 1. The summed E-state index contributed by atoms with van der Waals surface area (Å²) in [6, 6.07) is 12.0. The van der Waals surface area contributed by atoms with Gasteiger partial charge in [-0.05, 0) is 30.3 Å². The fourth-order valence-corrected chi connectivity index (χ4v) is 2.06. The Morgan fingerprint density at radius 3 is 2.81 bits per heavy atom. The highest BCUT2D eigenvalue weighted by Crippen LogP contribution is 2.32. The molecule has 0 atom stereocenters. The van der Waals surface area contributed by atoms with Crippen LogP contribution in [0.5, 0.6) is 11.5 Å². The molecule has 0 unspecified atom stereocenters. The summed E-state index contributed by atoms with van der Waals surface area (Å²) < 4.78 is 10.4. The molecule has 2 aromatic carbocycles. The van der Waals surface area contributed by atoms with Gasteiger partial charge in [0, 0.05) is 10.6 Å². The summed E-state index contributed by atoms with van der Waals surface area (Å²) in [7, 11) is 1.59. The Hall–Kier alpha value is -2.53. The van der Waals surface area contributed by atoms with Gasteiger partial charge in [0.15, 0.2) is 0 Å². The summed E-state index contributed by atoms with van der Waals surface area (Å²) in [6.07, 6.45) is 0. The van der Waals surface area contributed by atoms with Crippen LogP contribution in [-0.4, -0.2) is 22.4 Å². The van der Waals surface area contributed by atoms with Gasteiger partial charge in [0.05, 0.1) is 12.7 Å². The summed E-state index contributed by atoms with van der Waals surface area (Å²) in [5.74, 6) is 1.33. The van der Waals surface area contributed by atoms with E-state index in [2.05, 4.69) is 10.1 Å². The van der Waals surface area contributed by atoms with Crippen LogP contribution in [-0.2, 0) is 0 Å². The highest BCUT2D eigenvalue weighted by atomic mass is 35.5. The van der Waals surface area contributed by atoms with Crippen LogP contribution in [0.4, 0.5) is 0 Å². The molecule has 106 valence electrons. The fraction of sp³-hybridized carbons (Fsp3) is 0.0667. The van der Waals surface area contributed by atoms with Gasteiger partial charge in [-0.2, -0.15) is 4.98 Å². The van der Waals surface area contributed by atoms with E-state index in [0.717, 1.165) is 5.56 Å². The number of ether oxygens (including phenoxy) is 1. The highest BCUT2D eigenvalue weighted by molar-refractivity contribution is 6.30. The molecule has 3 aromatic rings. The zero-order valence-corrected chi connectivity index (χ0v) is 11.8. The molecule has 0 bridgehead atoms. The molecule has 0 aliphatic rings.